The van der Waals surface area contributed by atoms with Crippen molar-refractivity contribution in [2.75, 3.05) is 14.2 Å². The molecule has 0 aromatic heterocycles. The summed E-state index contributed by atoms with van der Waals surface area (Å²) in [6.45, 7) is 0.753. The van der Waals surface area contributed by atoms with Crippen LogP contribution in [0.3, 0.4) is 0 Å². The minimum absolute atomic E-state index is 0.0328. The molecule has 1 heterocycles. The van der Waals surface area contributed by atoms with Crippen LogP contribution in [0.4, 0.5) is 0 Å². The quantitative estimate of drug-likeness (QED) is 0.780. The Morgan fingerprint density at radius 3 is 2.59 bits per heavy atom. The summed E-state index contributed by atoms with van der Waals surface area (Å²) in [4.78, 5) is 27.5. The normalized spacial score (nSPS) is 16.8. The number of nitrogens with zero attached hydrogens (tertiary/aromatic N) is 1. The van der Waals surface area contributed by atoms with Gasteiger partial charge in [-0.1, -0.05) is 48.9 Å². The predicted molar refractivity (Wildman–Crippen MR) is 111 cm³/mol. The number of methoxy groups -OCH3 is 2. The summed E-state index contributed by atoms with van der Waals surface area (Å²) in [7, 11) is 3.16. The fourth-order valence-electron chi connectivity index (χ4n) is 3.73. The van der Waals surface area contributed by atoms with Gasteiger partial charge in [0.1, 0.15) is 6.04 Å². The minimum atomic E-state index is -0.471. The number of carbonyl (C=O) groups is 2. The molecule has 0 saturated carbocycles. The fraction of sp³-hybridized carbons (Fsp3) is 0.391. The Morgan fingerprint density at radius 2 is 1.86 bits per heavy atom. The highest BCUT2D eigenvalue weighted by molar-refractivity contribution is 5.88. The third-order valence-electron chi connectivity index (χ3n) is 5.25. The zero-order valence-corrected chi connectivity index (χ0v) is 17.0. The average molecular weight is 396 g/mol. The first kappa shape index (κ1) is 20.7. The number of carbonyl (C=O) groups excluding carboxylic acids is 2. The van der Waals surface area contributed by atoms with E-state index in [1.807, 2.05) is 48.5 Å². The average Bonchev–Trinajstić information content (AvgIpc) is 2.94. The van der Waals surface area contributed by atoms with Crippen LogP contribution in [0.2, 0.25) is 0 Å². The van der Waals surface area contributed by atoms with Gasteiger partial charge in [-0.2, -0.15) is 0 Å². The van der Waals surface area contributed by atoms with E-state index in [0.29, 0.717) is 37.4 Å². The second-order valence-corrected chi connectivity index (χ2v) is 7.14. The van der Waals surface area contributed by atoms with Crippen molar-refractivity contribution in [2.24, 2.45) is 0 Å². The van der Waals surface area contributed by atoms with Crippen molar-refractivity contribution >= 4 is 11.8 Å². The lowest BCUT2D eigenvalue weighted by Gasteiger charge is -2.29. The molecule has 1 fully saturated rings. The lowest BCUT2D eigenvalue weighted by Crippen LogP contribution is -2.48. The molecule has 0 spiro atoms. The van der Waals surface area contributed by atoms with Gasteiger partial charge in [-0.3, -0.25) is 9.59 Å². The zero-order valence-electron chi connectivity index (χ0n) is 17.0. The van der Waals surface area contributed by atoms with Crippen molar-refractivity contribution in [3.8, 4) is 11.5 Å². The largest absolute Gasteiger partial charge is 0.493 e. The van der Waals surface area contributed by atoms with E-state index < -0.39 is 6.04 Å². The highest BCUT2D eigenvalue weighted by atomic mass is 16.5. The summed E-state index contributed by atoms with van der Waals surface area (Å²) in [6.07, 6.45) is 2.83. The van der Waals surface area contributed by atoms with Crippen LogP contribution in [0.15, 0.2) is 48.5 Å². The summed E-state index contributed by atoms with van der Waals surface area (Å²) in [6, 6.07) is 14.9. The highest BCUT2D eigenvalue weighted by Crippen LogP contribution is 2.30. The van der Waals surface area contributed by atoms with Gasteiger partial charge in [0.2, 0.25) is 11.8 Å². The van der Waals surface area contributed by atoms with Crippen LogP contribution in [0.1, 0.15) is 36.8 Å². The number of rotatable bonds is 7. The van der Waals surface area contributed by atoms with Crippen LogP contribution in [-0.2, 0) is 22.7 Å². The molecule has 154 valence electrons. The van der Waals surface area contributed by atoms with Crippen LogP contribution in [0.5, 0.6) is 11.5 Å². The van der Waals surface area contributed by atoms with Crippen LogP contribution >= 0.6 is 0 Å². The van der Waals surface area contributed by atoms with Crippen molar-refractivity contribution < 1.29 is 19.1 Å². The van der Waals surface area contributed by atoms with Gasteiger partial charge in [-0.05, 0) is 24.5 Å². The topological polar surface area (TPSA) is 67.9 Å². The Bertz CT molecular complexity index is 838. The van der Waals surface area contributed by atoms with E-state index in [1.165, 1.54) is 0 Å². The SMILES string of the molecule is COc1cccc(CNC(=O)C2CCCCC(=O)N2Cc2ccccc2)c1OC. The van der Waals surface area contributed by atoms with Crippen molar-refractivity contribution in [3.05, 3.63) is 59.7 Å². The van der Waals surface area contributed by atoms with Gasteiger partial charge in [0.15, 0.2) is 11.5 Å². The molecule has 1 aliphatic heterocycles. The lowest BCUT2D eigenvalue weighted by atomic mass is 10.1. The molecular formula is C23H28N2O4. The molecule has 1 aliphatic rings. The molecule has 0 bridgehead atoms. The standard InChI is InChI=1S/C23H28N2O4/c1-28-20-13-8-11-18(22(20)29-2)15-24-23(27)19-12-6-7-14-21(26)25(19)16-17-9-4-3-5-10-17/h3-5,8-11,13,19H,6-7,12,14-16H2,1-2H3,(H,24,27). The summed E-state index contributed by atoms with van der Waals surface area (Å²) in [5.41, 5.74) is 1.85. The maximum Gasteiger partial charge on any atom is 0.243 e. The number of para-hydroxylation sites is 1. The van der Waals surface area contributed by atoms with Gasteiger partial charge >= 0.3 is 0 Å². The number of nitrogens with one attached hydrogen (secondary N) is 1. The molecule has 2 aromatic rings. The minimum Gasteiger partial charge on any atom is -0.493 e. The molecule has 2 aromatic carbocycles. The van der Waals surface area contributed by atoms with E-state index in [1.54, 1.807) is 19.1 Å². The molecule has 2 amide bonds. The van der Waals surface area contributed by atoms with Gasteiger partial charge in [-0.15, -0.1) is 0 Å². The number of hydrogen-bond acceptors (Lipinski definition) is 4. The Morgan fingerprint density at radius 1 is 1.07 bits per heavy atom. The van der Waals surface area contributed by atoms with Crippen molar-refractivity contribution in [1.82, 2.24) is 10.2 Å². The van der Waals surface area contributed by atoms with E-state index in [4.69, 9.17) is 9.47 Å². The summed E-state index contributed by atoms with van der Waals surface area (Å²) in [5, 5.41) is 2.99. The molecule has 29 heavy (non-hydrogen) atoms. The molecule has 1 atom stereocenters. The fourth-order valence-corrected chi connectivity index (χ4v) is 3.73. The van der Waals surface area contributed by atoms with Crippen LogP contribution < -0.4 is 14.8 Å². The number of benzene rings is 2. The Hall–Kier alpha value is -3.02. The zero-order chi connectivity index (χ0) is 20.6. The maximum atomic E-state index is 13.0. The van der Waals surface area contributed by atoms with Gasteiger partial charge in [0.25, 0.3) is 0 Å². The molecule has 1 unspecified atom stereocenters. The van der Waals surface area contributed by atoms with Gasteiger partial charge in [0.05, 0.1) is 14.2 Å². The summed E-state index contributed by atoms with van der Waals surface area (Å²) < 4.78 is 10.8. The molecule has 1 saturated heterocycles. The predicted octanol–water partition coefficient (Wildman–Crippen LogP) is 3.29. The molecule has 6 nitrogen and oxygen atoms in total. The number of likely N-dealkylation sites (tertiary alicyclic amines) is 1. The smallest absolute Gasteiger partial charge is 0.243 e. The van der Waals surface area contributed by atoms with Crippen LogP contribution in [0.25, 0.3) is 0 Å². The third kappa shape index (κ3) is 5.08. The number of hydrogen-bond donors (Lipinski definition) is 1. The molecule has 6 heteroatoms. The summed E-state index contributed by atoms with van der Waals surface area (Å²) in [5.74, 6) is 1.12. The van der Waals surface area contributed by atoms with E-state index in [9.17, 15) is 9.59 Å². The molecule has 3 rings (SSSR count). The third-order valence-corrected chi connectivity index (χ3v) is 5.25. The monoisotopic (exact) mass is 396 g/mol. The van der Waals surface area contributed by atoms with E-state index in [2.05, 4.69) is 5.32 Å². The first-order valence-corrected chi connectivity index (χ1v) is 9.95. The lowest BCUT2D eigenvalue weighted by molar-refractivity contribution is -0.140. The van der Waals surface area contributed by atoms with Gasteiger partial charge < -0.3 is 19.7 Å². The van der Waals surface area contributed by atoms with E-state index >= 15 is 0 Å². The Balaban J connectivity index is 1.74. The summed E-state index contributed by atoms with van der Waals surface area (Å²) >= 11 is 0. The Kier molecular flexibility index (Phi) is 7.11. The molecule has 0 radical (unpaired) electrons. The van der Waals surface area contributed by atoms with Crippen molar-refractivity contribution in [1.29, 1.82) is 0 Å². The van der Waals surface area contributed by atoms with E-state index in [-0.39, 0.29) is 11.8 Å². The second-order valence-electron chi connectivity index (χ2n) is 7.14. The second kappa shape index (κ2) is 9.96. The van der Waals surface area contributed by atoms with Crippen molar-refractivity contribution in [2.45, 2.75) is 44.8 Å². The van der Waals surface area contributed by atoms with Crippen LogP contribution in [0, 0.1) is 0 Å². The first-order valence-electron chi connectivity index (χ1n) is 9.95. The Labute approximate surface area is 171 Å². The number of ether oxygens (including phenoxy) is 2. The van der Waals surface area contributed by atoms with Crippen LogP contribution in [-0.4, -0.2) is 37.0 Å². The maximum absolute atomic E-state index is 13.0. The molecule has 1 N–H and O–H groups in total. The van der Waals surface area contributed by atoms with Gasteiger partial charge in [-0.25, -0.2) is 0 Å². The van der Waals surface area contributed by atoms with E-state index in [0.717, 1.165) is 24.0 Å². The highest BCUT2D eigenvalue weighted by Gasteiger charge is 2.31. The molecular weight excluding hydrogens is 368 g/mol. The van der Waals surface area contributed by atoms with Gasteiger partial charge in [0, 0.05) is 25.1 Å². The van der Waals surface area contributed by atoms with Crippen molar-refractivity contribution in [3.63, 3.8) is 0 Å². The first-order chi connectivity index (χ1) is 14.1. The molecule has 0 aliphatic carbocycles. The number of amides is 2.